The summed E-state index contributed by atoms with van der Waals surface area (Å²) in [5, 5.41) is 3.57. The molecular weight excluding hydrogens is 234 g/mol. The van der Waals surface area contributed by atoms with Gasteiger partial charge in [0.1, 0.15) is 5.75 Å². The van der Waals surface area contributed by atoms with Gasteiger partial charge < -0.3 is 10.1 Å². The minimum atomic E-state index is 0.378. The van der Waals surface area contributed by atoms with E-state index in [9.17, 15) is 0 Å². The first-order valence-electron chi connectivity index (χ1n) is 7.57. The van der Waals surface area contributed by atoms with Gasteiger partial charge in [0.25, 0.3) is 0 Å². The van der Waals surface area contributed by atoms with Crippen LogP contribution in [0.3, 0.4) is 0 Å². The highest BCUT2D eigenvalue weighted by atomic mass is 16.5. The fourth-order valence-electron chi connectivity index (χ4n) is 4.15. The Bertz CT molecular complexity index is 425. The van der Waals surface area contributed by atoms with Crippen LogP contribution in [0, 0.1) is 5.41 Å². The Balaban J connectivity index is 1.78. The Labute approximate surface area is 116 Å². The van der Waals surface area contributed by atoms with Gasteiger partial charge in [-0.25, -0.2) is 0 Å². The Kier molecular flexibility index (Phi) is 3.30. The zero-order chi connectivity index (χ0) is 13.3. The summed E-state index contributed by atoms with van der Waals surface area (Å²) in [6.45, 7) is 4.38. The molecule has 3 rings (SSSR count). The number of hydrogen-bond acceptors (Lipinski definition) is 2. The molecule has 2 fully saturated rings. The predicted molar refractivity (Wildman–Crippen MR) is 78.7 cm³/mol. The van der Waals surface area contributed by atoms with Gasteiger partial charge in [0, 0.05) is 12.0 Å². The molecule has 104 valence electrons. The second-order valence-electron chi connectivity index (χ2n) is 6.50. The Morgan fingerprint density at radius 2 is 1.84 bits per heavy atom. The van der Waals surface area contributed by atoms with Crippen molar-refractivity contribution in [3.63, 3.8) is 0 Å². The first-order valence-corrected chi connectivity index (χ1v) is 7.57. The van der Waals surface area contributed by atoms with Gasteiger partial charge in [0.15, 0.2) is 0 Å². The maximum absolute atomic E-state index is 5.27. The van der Waals surface area contributed by atoms with E-state index in [1.165, 1.54) is 37.7 Å². The Morgan fingerprint density at radius 1 is 1.16 bits per heavy atom. The maximum Gasteiger partial charge on any atom is 0.118 e. The van der Waals surface area contributed by atoms with Gasteiger partial charge in [-0.1, -0.05) is 25.5 Å². The summed E-state index contributed by atoms with van der Waals surface area (Å²) in [6, 6.07) is 8.74. The zero-order valence-corrected chi connectivity index (χ0v) is 12.2. The van der Waals surface area contributed by atoms with E-state index in [-0.39, 0.29) is 0 Å². The van der Waals surface area contributed by atoms with Crippen LogP contribution in [0.4, 0.5) is 0 Å². The van der Waals surface area contributed by atoms with Crippen molar-refractivity contribution >= 4 is 0 Å². The van der Waals surface area contributed by atoms with Crippen LogP contribution in [0.1, 0.15) is 44.6 Å². The average Bonchev–Trinajstić information content (AvgIpc) is 2.36. The van der Waals surface area contributed by atoms with E-state index in [2.05, 4.69) is 36.5 Å². The molecule has 0 heterocycles. The lowest BCUT2D eigenvalue weighted by molar-refractivity contribution is -0.0480. The third kappa shape index (κ3) is 2.16. The molecule has 0 saturated heterocycles. The van der Waals surface area contributed by atoms with Crippen LogP contribution in [0.15, 0.2) is 24.3 Å². The molecule has 1 N–H and O–H groups in total. The van der Waals surface area contributed by atoms with Crippen LogP contribution in [0.5, 0.6) is 5.75 Å². The predicted octanol–water partition coefficient (Wildman–Crippen LogP) is 3.51. The van der Waals surface area contributed by atoms with Crippen LogP contribution >= 0.6 is 0 Å². The minimum absolute atomic E-state index is 0.378. The Hall–Kier alpha value is -1.02. The molecule has 2 heteroatoms. The quantitative estimate of drug-likeness (QED) is 0.873. The summed E-state index contributed by atoms with van der Waals surface area (Å²) in [5.41, 5.74) is 2.57. The molecule has 0 aliphatic heterocycles. The van der Waals surface area contributed by atoms with Crippen LogP contribution in [-0.4, -0.2) is 20.2 Å². The van der Waals surface area contributed by atoms with Crippen molar-refractivity contribution in [1.82, 2.24) is 5.32 Å². The summed E-state index contributed by atoms with van der Waals surface area (Å²) in [4.78, 5) is 0. The molecule has 0 unspecified atom stereocenters. The third-order valence-electron chi connectivity index (χ3n) is 5.26. The van der Waals surface area contributed by atoms with Crippen LogP contribution < -0.4 is 10.1 Å². The van der Waals surface area contributed by atoms with Crippen molar-refractivity contribution in [2.24, 2.45) is 5.41 Å². The molecule has 0 radical (unpaired) electrons. The van der Waals surface area contributed by atoms with E-state index in [4.69, 9.17) is 4.74 Å². The lowest BCUT2D eigenvalue weighted by atomic mass is 9.43. The largest absolute Gasteiger partial charge is 0.497 e. The number of ether oxygens (including phenoxy) is 1. The zero-order valence-electron chi connectivity index (χ0n) is 12.2. The van der Waals surface area contributed by atoms with Crippen LogP contribution in [-0.2, 0) is 5.41 Å². The van der Waals surface area contributed by atoms with E-state index in [0.717, 1.165) is 18.8 Å². The number of nitrogens with one attached hydrogen (secondary N) is 1. The number of methoxy groups -OCH3 is 1. The van der Waals surface area contributed by atoms with E-state index >= 15 is 0 Å². The van der Waals surface area contributed by atoms with Crippen molar-refractivity contribution in [1.29, 1.82) is 0 Å². The van der Waals surface area contributed by atoms with Gasteiger partial charge in [-0.2, -0.15) is 0 Å². The standard InChI is InChI=1S/C17H25NO/c1-3-18-13-17(11-16(12-17)9-4-10-16)14-5-7-15(19-2)8-6-14/h5-8,18H,3-4,9-13H2,1-2H3. The highest BCUT2D eigenvalue weighted by Crippen LogP contribution is 2.64. The van der Waals surface area contributed by atoms with E-state index in [0.29, 0.717) is 10.8 Å². The molecule has 19 heavy (non-hydrogen) atoms. The second kappa shape index (κ2) is 4.82. The molecular formula is C17H25NO. The summed E-state index contributed by atoms with van der Waals surface area (Å²) in [6.07, 6.45) is 7.10. The first-order chi connectivity index (χ1) is 9.22. The minimum Gasteiger partial charge on any atom is -0.497 e. The lowest BCUT2D eigenvalue weighted by Gasteiger charge is -2.61. The molecule has 2 nitrogen and oxygen atoms in total. The first kappa shape index (κ1) is 13.0. The summed E-state index contributed by atoms with van der Waals surface area (Å²) < 4.78 is 5.27. The van der Waals surface area contributed by atoms with Crippen molar-refractivity contribution in [3.05, 3.63) is 29.8 Å². The van der Waals surface area contributed by atoms with Crippen LogP contribution in [0.2, 0.25) is 0 Å². The summed E-state index contributed by atoms with van der Waals surface area (Å²) in [5.74, 6) is 0.958. The second-order valence-corrected chi connectivity index (χ2v) is 6.50. The SMILES string of the molecule is CCNCC1(c2ccc(OC)cc2)CC2(CCC2)C1. The summed E-state index contributed by atoms with van der Waals surface area (Å²) in [7, 11) is 1.73. The molecule has 2 aliphatic carbocycles. The van der Waals surface area contributed by atoms with Crippen molar-refractivity contribution in [2.75, 3.05) is 20.2 Å². The third-order valence-corrected chi connectivity index (χ3v) is 5.26. The molecule has 2 saturated carbocycles. The van der Waals surface area contributed by atoms with Gasteiger partial charge in [0.05, 0.1) is 7.11 Å². The van der Waals surface area contributed by atoms with E-state index < -0.39 is 0 Å². The molecule has 1 aromatic carbocycles. The van der Waals surface area contributed by atoms with Gasteiger partial charge >= 0.3 is 0 Å². The number of benzene rings is 1. The van der Waals surface area contributed by atoms with Crippen molar-refractivity contribution in [2.45, 2.75) is 44.4 Å². The highest BCUT2D eigenvalue weighted by Gasteiger charge is 2.57. The van der Waals surface area contributed by atoms with Crippen molar-refractivity contribution in [3.8, 4) is 5.75 Å². The molecule has 2 aliphatic rings. The molecule has 0 amide bonds. The molecule has 0 aromatic heterocycles. The maximum atomic E-state index is 5.27. The van der Waals surface area contributed by atoms with Crippen LogP contribution in [0.25, 0.3) is 0 Å². The number of likely N-dealkylation sites (N-methyl/N-ethyl adjacent to an activating group) is 1. The van der Waals surface area contributed by atoms with E-state index in [1.807, 2.05) is 0 Å². The monoisotopic (exact) mass is 259 g/mol. The van der Waals surface area contributed by atoms with E-state index in [1.54, 1.807) is 7.11 Å². The van der Waals surface area contributed by atoms with Crippen molar-refractivity contribution < 1.29 is 4.74 Å². The Morgan fingerprint density at radius 3 is 2.32 bits per heavy atom. The molecule has 0 bridgehead atoms. The smallest absolute Gasteiger partial charge is 0.118 e. The van der Waals surface area contributed by atoms with Gasteiger partial charge in [-0.15, -0.1) is 0 Å². The fraction of sp³-hybridized carbons (Fsp3) is 0.647. The lowest BCUT2D eigenvalue weighted by Crippen LogP contribution is -2.57. The summed E-state index contributed by atoms with van der Waals surface area (Å²) >= 11 is 0. The normalized spacial score (nSPS) is 22.6. The fourth-order valence-corrected chi connectivity index (χ4v) is 4.15. The number of hydrogen-bond donors (Lipinski definition) is 1. The van der Waals surface area contributed by atoms with Gasteiger partial charge in [-0.05, 0) is 55.3 Å². The molecule has 1 aromatic rings. The number of rotatable bonds is 5. The highest BCUT2D eigenvalue weighted by molar-refractivity contribution is 5.36. The molecule has 1 spiro atoms. The average molecular weight is 259 g/mol. The van der Waals surface area contributed by atoms with Gasteiger partial charge in [-0.3, -0.25) is 0 Å². The van der Waals surface area contributed by atoms with Gasteiger partial charge in [0.2, 0.25) is 0 Å². The molecule has 0 atom stereocenters. The topological polar surface area (TPSA) is 21.3 Å².